The van der Waals surface area contributed by atoms with Crippen LogP contribution in [0.25, 0.3) is 0 Å². The molecular weight excluding hydrogens is 316 g/mol. The molecule has 1 atom stereocenters. The molecule has 1 aromatic heterocycles. The van der Waals surface area contributed by atoms with Crippen LogP contribution in [0.4, 0.5) is 0 Å². The van der Waals surface area contributed by atoms with Crippen LogP contribution in [0.15, 0.2) is 4.47 Å². The molecule has 0 aliphatic carbocycles. The highest BCUT2D eigenvalue weighted by atomic mass is 79.9. The van der Waals surface area contributed by atoms with E-state index in [0.717, 1.165) is 16.6 Å². The number of nitrogens with zero attached hydrogens (tertiary/aromatic N) is 2. The van der Waals surface area contributed by atoms with Gasteiger partial charge in [0.25, 0.3) is 0 Å². The molecule has 0 fully saturated rings. The average molecular weight is 333 g/mol. The van der Waals surface area contributed by atoms with Crippen molar-refractivity contribution in [2.45, 2.75) is 33.2 Å². The number of methoxy groups -OCH3 is 1. The van der Waals surface area contributed by atoms with E-state index in [4.69, 9.17) is 5.11 Å². The summed E-state index contributed by atoms with van der Waals surface area (Å²) >= 11 is 3.42. The van der Waals surface area contributed by atoms with Crippen molar-refractivity contribution in [3.63, 3.8) is 0 Å². The molecule has 0 aromatic carbocycles. The van der Waals surface area contributed by atoms with E-state index in [0.29, 0.717) is 12.2 Å². The molecule has 1 aromatic rings. The zero-order chi connectivity index (χ0) is 14.6. The van der Waals surface area contributed by atoms with Crippen molar-refractivity contribution < 1.29 is 19.4 Å². The predicted molar refractivity (Wildman–Crippen MR) is 71.8 cm³/mol. The fourth-order valence-corrected chi connectivity index (χ4v) is 2.55. The largest absolute Gasteiger partial charge is 0.481 e. The van der Waals surface area contributed by atoms with Crippen molar-refractivity contribution in [2.24, 2.45) is 5.92 Å². The number of hydrogen-bond donors (Lipinski definition) is 1. The van der Waals surface area contributed by atoms with Gasteiger partial charge >= 0.3 is 11.9 Å². The highest BCUT2D eigenvalue weighted by Crippen LogP contribution is 2.25. The molecule has 1 N–H and O–H groups in total. The molecule has 0 saturated heterocycles. The number of esters is 1. The van der Waals surface area contributed by atoms with Crippen molar-refractivity contribution in [1.29, 1.82) is 0 Å². The van der Waals surface area contributed by atoms with E-state index >= 15 is 0 Å². The van der Waals surface area contributed by atoms with E-state index in [1.807, 2.05) is 13.8 Å². The van der Waals surface area contributed by atoms with E-state index in [9.17, 15) is 9.59 Å². The maximum atomic E-state index is 11.5. The number of rotatable bonds is 6. The van der Waals surface area contributed by atoms with Gasteiger partial charge in [0.15, 0.2) is 5.92 Å². The van der Waals surface area contributed by atoms with Gasteiger partial charge in [-0.05, 0) is 29.3 Å². The monoisotopic (exact) mass is 332 g/mol. The van der Waals surface area contributed by atoms with Crippen molar-refractivity contribution in [3.8, 4) is 0 Å². The third-order valence-corrected chi connectivity index (χ3v) is 3.79. The number of aryl methyl sites for hydroxylation is 2. The molecule has 0 amide bonds. The number of carboxylic acids is 1. The smallest absolute Gasteiger partial charge is 0.320 e. The molecule has 6 nitrogen and oxygen atoms in total. The third-order valence-electron chi connectivity index (χ3n) is 2.88. The molecule has 19 heavy (non-hydrogen) atoms. The maximum Gasteiger partial charge on any atom is 0.320 e. The van der Waals surface area contributed by atoms with Crippen LogP contribution in [0.1, 0.15) is 25.2 Å². The summed E-state index contributed by atoms with van der Waals surface area (Å²) in [6.07, 6.45) is 0.792. The first kappa shape index (κ1) is 15.7. The Hall–Kier alpha value is -1.37. The Kier molecular flexibility index (Phi) is 5.53. The number of aliphatic carboxylic acids is 1. The average Bonchev–Trinajstić information content (AvgIpc) is 2.70. The summed E-state index contributed by atoms with van der Waals surface area (Å²) in [6.45, 7) is 4.49. The second-order valence-electron chi connectivity index (χ2n) is 3.99. The Bertz CT molecular complexity index is 484. The van der Waals surface area contributed by atoms with Crippen molar-refractivity contribution in [3.05, 3.63) is 15.9 Å². The molecule has 0 radical (unpaired) electrons. The quantitative estimate of drug-likeness (QED) is 0.632. The summed E-state index contributed by atoms with van der Waals surface area (Å²) in [5.74, 6) is -3.16. The zero-order valence-corrected chi connectivity index (χ0v) is 12.7. The van der Waals surface area contributed by atoms with Crippen LogP contribution in [0.5, 0.6) is 0 Å². The number of hydrogen-bond acceptors (Lipinski definition) is 4. The predicted octanol–water partition coefficient (Wildman–Crippen LogP) is 1.64. The minimum atomic E-state index is -1.21. The Balaban J connectivity index is 3.12. The highest BCUT2D eigenvalue weighted by Gasteiger charge is 2.30. The lowest BCUT2D eigenvalue weighted by molar-refractivity contribution is -0.156. The van der Waals surface area contributed by atoms with Gasteiger partial charge in [-0.3, -0.25) is 14.3 Å². The second-order valence-corrected chi connectivity index (χ2v) is 4.79. The summed E-state index contributed by atoms with van der Waals surface area (Å²) in [5.41, 5.74) is 1.56. The summed E-state index contributed by atoms with van der Waals surface area (Å²) < 4.78 is 7.01. The van der Waals surface area contributed by atoms with Gasteiger partial charge in [0.1, 0.15) is 0 Å². The summed E-state index contributed by atoms with van der Waals surface area (Å²) in [6, 6.07) is 0. The van der Waals surface area contributed by atoms with Gasteiger partial charge in [0.2, 0.25) is 0 Å². The van der Waals surface area contributed by atoms with E-state index in [1.165, 1.54) is 7.11 Å². The first-order valence-electron chi connectivity index (χ1n) is 6.00. The molecule has 1 heterocycles. The number of carbonyl (C=O) groups is 2. The zero-order valence-electron chi connectivity index (χ0n) is 11.1. The van der Waals surface area contributed by atoms with Crippen molar-refractivity contribution in [2.75, 3.05) is 7.11 Å². The number of carbonyl (C=O) groups excluding carboxylic acids is 1. The standard InChI is InChI=1S/C12H17BrN2O4/c1-4-8-10(13)9(15(5-2)14-8)6-7(11(16)17)12(18)19-3/h7H,4-6H2,1-3H3,(H,16,17). The minimum absolute atomic E-state index is 0.0590. The van der Waals surface area contributed by atoms with E-state index in [-0.39, 0.29) is 6.42 Å². The summed E-state index contributed by atoms with van der Waals surface area (Å²) in [7, 11) is 1.18. The highest BCUT2D eigenvalue weighted by molar-refractivity contribution is 9.10. The molecule has 0 saturated carbocycles. The number of ether oxygens (including phenoxy) is 1. The first-order chi connectivity index (χ1) is 8.96. The van der Waals surface area contributed by atoms with Gasteiger partial charge in [0.05, 0.1) is 23.0 Å². The molecule has 1 rings (SSSR count). The van der Waals surface area contributed by atoms with Crippen LogP contribution in [-0.4, -0.2) is 33.9 Å². The Labute approximate surface area is 119 Å². The molecule has 7 heteroatoms. The van der Waals surface area contributed by atoms with E-state index in [1.54, 1.807) is 4.68 Å². The van der Waals surface area contributed by atoms with Gasteiger partial charge in [-0.1, -0.05) is 6.92 Å². The van der Waals surface area contributed by atoms with Crippen molar-refractivity contribution >= 4 is 27.9 Å². The van der Waals surface area contributed by atoms with Crippen LogP contribution < -0.4 is 0 Å². The van der Waals surface area contributed by atoms with Gasteiger partial charge in [-0.15, -0.1) is 0 Å². The number of aromatic nitrogens is 2. The molecule has 0 bridgehead atoms. The van der Waals surface area contributed by atoms with Crippen LogP contribution in [0.2, 0.25) is 0 Å². The fraction of sp³-hybridized carbons (Fsp3) is 0.583. The maximum absolute atomic E-state index is 11.5. The Morgan fingerprint density at radius 3 is 2.53 bits per heavy atom. The van der Waals surface area contributed by atoms with Crippen molar-refractivity contribution in [1.82, 2.24) is 9.78 Å². The van der Waals surface area contributed by atoms with Crippen LogP contribution in [-0.2, 0) is 33.7 Å². The first-order valence-corrected chi connectivity index (χ1v) is 6.80. The van der Waals surface area contributed by atoms with Crippen LogP contribution in [0.3, 0.4) is 0 Å². The second kappa shape index (κ2) is 6.70. The SMILES string of the molecule is CCc1nn(CC)c(CC(C(=O)O)C(=O)OC)c1Br. The Morgan fingerprint density at radius 1 is 1.47 bits per heavy atom. The fourth-order valence-electron chi connectivity index (χ4n) is 1.82. The normalized spacial score (nSPS) is 12.2. The molecule has 0 spiro atoms. The molecular formula is C12H17BrN2O4. The van der Waals surface area contributed by atoms with Gasteiger partial charge in [0, 0.05) is 13.0 Å². The number of halogens is 1. The summed E-state index contributed by atoms with van der Waals surface area (Å²) in [5, 5.41) is 13.5. The lowest BCUT2D eigenvalue weighted by Crippen LogP contribution is -2.28. The summed E-state index contributed by atoms with van der Waals surface area (Å²) in [4.78, 5) is 22.6. The Morgan fingerprint density at radius 2 is 2.11 bits per heavy atom. The van der Waals surface area contributed by atoms with Gasteiger partial charge in [-0.25, -0.2) is 0 Å². The van der Waals surface area contributed by atoms with Gasteiger partial charge < -0.3 is 9.84 Å². The van der Waals surface area contributed by atoms with E-state index in [2.05, 4.69) is 25.8 Å². The topological polar surface area (TPSA) is 81.4 Å². The van der Waals surface area contributed by atoms with Crippen LogP contribution in [0, 0.1) is 5.92 Å². The van der Waals surface area contributed by atoms with E-state index < -0.39 is 17.9 Å². The third kappa shape index (κ3) is 3.34. The lowest BCUT2D eigenvalue weighted by atomic mass is 10.0. The molecule has 1 unspecified atom stereocenters. The minimum Gasteiger partial charge on any atom is -0.481 e. The van der Waals surface area contributed by atoms with Crippen LogP contribution >= 0.6 is 15.9 Å². The lowest BCUT2D eigenvalue weighted by Gasteiger charge is -2.11. The molecule has 106 valence electrons. The molecule has 0 aliphatic heterocycles. The molecule has 0 aliphatic rings. The number of carboxylic acid groups (broad SMARTS) is 1. The van der Waals surface area contributed by atoms with Gasteiger partial charge in [-0.2, -0.15) is 5.10 Å².